The summed E-state index contributed by atoms with van der Waals surface area (Å²) in [5.74, 6) is 0. The number of benzene rings is 1. The second kappa shape index (κ2) is 4.80. The number of fused-ring (bicyclic) bond motifs is 1. The van der Waals surface area contributed by atoms with E-state index in [1.807, 2.05) is 13.8 Å². The number of hydrogen-bond acceptors (Lipinski definition) is 2. The summed E-state index contributed by atoms with van der Waals surface area (Å²) >= 11 is 0. The van der Waals surface area contributed by atoms with Gasteiger partial charge in [-0.15, -0.1) is 0 Å². The summed E-state index contributed by atoms with van der Waals surface area (Å²) in [5, 5.41) is 6.41. The van der Waals surface area contributed by atoms with Gasteiger partial charge in [-0.2, -0.15) is 13.2 Å². The SMILES string of the molecule is CC(C)NC1CCNc2cc(C(F)(F)F)ccc21. The van der Waals surface area contributed by atoms with Crippen LogP contribution in [0.2, 0.25) is 0 Å². The fourth-order valence-corrected chi connectivity index (χ4v) is 2.27. The van der Waals surface area contributed by atoms with Crippen LogP contribution >= 0.6 is 0 Å². The molecule has 100 valence electrons. The zero-order chi connectivity index (χ0) is 13.3. The number of alkyl halides is 3. The molecule has 2 rings (SSSR count). The number of anilines is 1. The molecule has 1 aliphatic heterocycles. The minimum atomic E-state index is -4.28. The van der Waals surface area contributed by atoms with Gasteiger partial charge in [0, 0.05) is 24.3 Å². The van der Waals surface area contributed by atoms with Crippen LogP contribution in [0.3, 0.4) is 0 Å². The first-order valence-corrected chi connectivity index (χ1v) is 6.09. The van der Waals surface area contributed by atoms with Crippen LogP contribution in [0.25, 0.3) is 0 Å². The van der Waals surface area contributed by atoms with Gasteiger partial charge in [0.05, 0.1) is 5.56 Å². The smallest absolute Gasteiger partial charge is 0.385 e. The lowest BCUT2D eigenvalue weighted by Gasteiger charge is -2.29. The van der Waals surface area contributed by atoms with Gasteiger partial charge in [0.25, 0.3) is 0 Å². The van der Waals surface area contributed by atoms with Gasteiger partial charge in [-0.3, -0.25) is 0 Å². The van der Waals surface area contributed by atoms with Crippen molar-refractivity contribution in [3.63, 3.8) is 0 Å². The van der Waals surface area contributed by atoms with Crippen LogP contribution in [-0.2, 0) is 6.18 Å². The number of halogens is 3. The molecule has 18 heavy (non-hydrogen) atoms. The van der Waals surface area contributed by atoms with Crippen molar-refractivity contribution in [1.29, 1.82) is 0 Å². The molecule has 1 unspecified atom stereocenters. The van der Waals surface area contributed by atoms with E-state index in [9.17, 15) is 13.2 Å². The summed E-state index contributed by atoms with van der Waals surface area (Å²) in [6, 6.07) is 4.36. The van der Waals surface area contributed by atoms with E-state index in [-0.39, 0.29) is 6.04 Å². The molecule has 1 aromatic rings. The first kappa shape index (κ1) is 13.2. The molecule has 1 atom stereocenters. The van der Waals surface area contributed by atoms with Crippen molar-refractivity contribution in [1.82, 2.24) is 5.32 Å². The summed E-state index contributed by atoms with van der Waals surface area (Å²) in [5.41, 5.74) is 0.913. The maximum absolute atomic E-state index is 12.6. The zero-order valence-corrected chi connectivity index (χ0v) is 10.4. The van der Waals surface area contributed by atoms with Crippen LogP contribution in [0.1, 0.15) is 37.4 Å². The van der Waals surface area contributed by atoms with Gasteiger partial charge in [0.2, 0.25) is 0 Å². The minimum absolute atomic E-state index is 0.128. The normalized spacial score (nSPS) is 19.6. The molecule has 2 N–H and O–H groups in total. The molecule has 0 fully saturated rings. The second-order valence-electron chi connectivity index (χ2n) is 4.89. The Balaban J connectivity index is 2.31. The number of rotatable bonds is 2. The molecular formula is C13H17F3N2. The minimum Gasteiger partial charge on any atom is -0.385 e. The molecule has 5 heteroatoms. The van der Waals surface area contributed by atoms with Gasteiger partial charge in [-0.05, 0) is 24.1 Å². The van der Waals surface area contributed by atoms with Gasteiger partial charge in [-0.1, -0.05) is 19.9 Å². The summed E-state index contributed by atoms with van der Waals surface area (Å²) in [7, 11) is 0. The largest absolute Gasteiger partial charge is 0.416 e. The van der Waals surface area contributed by atoms with Crippen LogP contribution in [0.4, 0.5) is 18.9 Å². The van der Waals surface area contributed by atoms with Crippen LogP contribution < -0.4 is 10.6 Å². The average Bonchev–Trinajstić information content (AvgIpc) is 2.27. The average molecular weight is 258 g/mol. The Bertz CT molecular complexity index is 427. The maximum atomic E-state index is 12.6. The molecule has 1 aromatic carbocycles. The van der Waals surface area contributed by atoms with Crippen LogP contribution in [0.5, 0.6) is 0 Å². The summed E-state index contributed by atoms with van der Waals surface area (Å²) in [6.07, 6.45) is -3.40. The molecule has 0 radical (unpaired) electrons. The van der Waals surface area contributed by atoms with Crippen molar-refractivity contribution in [2.24, 2.45) is 0 Å². The second-order valence-corrected chi connectivity index (χ2v) is 4.89. The van der Waals surface area contributed by atoms with Crippen LogP contribution in [0.15, 0.2) is 18.2 Å². The standard InChI is InChI=1S/C13H17F3N2/c1-8(2)18-11-5-6-17-12-7-9(13(14,15)16)3-4-10(11)12/h3-4,7-8,11,17-18H,5-6H2,1-2H3. The maximum Gasteiger partial charge on any atom is 0.416 e. The molecule has 0 bridgehead atoms. The third-order valence-electron chi connectivity index (χ3n) is 3.04. The lowest BCUT2D eigenvalue weighted by Crippen LogP contribution is -2.32. The summed E-state index contributed by atoms with van der Waals surface area (Å²) in [4.78, 5) is 0. The van der Waals surface area contributed by atoms with Gasteiger partial charge < -0.3 is 10.6 Å². The van der Waals surface area contributed by atoms with E-state index in [4.69, 9.17) is 0 Å². The van der Waals surface area contributed by atoms with Crippen LogP contribution in [0, 0.1) is 0 Å². The number of hydrogen-bond donors (Lipinski definition) is 2. The van der Waals surface area contributed by atoms with E-state index in [1.54, 1.807) is 6.07 Å². The Morgan fingerprint density at radius 1 is 1.33 bits per heavy atom. The van der Waals surface area contributed by atoms with Gasteiger partial charge in [0.1, 0.15) is 0 Å². The monoisotopic (exact) mass is 258 g/mol. The first-order chi connectivity index (χ1) is 8.38. The molecule has 0 saturated heterocycles. The van der Waals surface area contributed by atoms with Crippen molar-refractivity contribution in [2.75, 3.05) is 11.9 Å². The van der Waals surface area contributed by atoms with Gasteiger partial charge >= 0.3 is 6.18 Å². The van der Waals surface area contributed by atoms with E-state index in [1.165, 1.54) is 6.07 Å². The molecule has 0 aromatic heterocycles. The first-order valence-electron chi connectivity index (χ1n) is 6.09. The Morgan fingerprint density at radius 2 is 2.06 bits per heavy atom. The Labute approximate surface area is 105 Å². The fraction of sp³-hybridized carbons (Fsp3) is 0.538. The molecule has 0 aliphatic carbocycles. The molecule has 0 amide bonds. The highest BCUT2D eigenvalue weighted by Crippen LogP contribution is 2.36. The van der Waals surface area contributed by atoms with Crippen molar-refractivity contribution in [2.45, 2.75) is 38.5 Å². The third kappa shape index (κ3) is 2.77. The van der Waals surface area contributed by atoms with Crippen molar-refractivity contribution < 1.29 is 13.2 Å². The van der Waals surface area contributed by atoms with Gasteiger partial charge in [-0.25, -0.2) is 0 Å². The topological polar surface area (TPSA) is 24.1 Å². The molecular weight excluding hydrogens is 241 g/mol. The van der Waals surface area contributed by atoms with E-state index in [0.717, 1.165) is 18.1 Å². The highest BCUT2D eigenvalue weighted by atomic mass is 19.4. The van der Waals surface area contributed by atoms with Crippen molar-refractivity contribution >= 4 is 5.69 Å². The van der Waals surface area contributed by atoms with E-state index >= 15 is 0 Å². The predicted molar refractivity (Wildman–Crippen MR) is 65.6 cm³/mol. The lowest BCUT2D eigenvalue weighted by atomic mass is 9.95. The fourth-order valence-electron chi connectivity index (χ4n) is 2.27. The van der Waals surface area contributed by atoms with E-state index in [2.05, 4.69) is 10.6 Å². The zero-order valence-electron chi connectivity index (χ0n) is 10.4. The Kier molecular flexibility index (Phi) is 3.52. The highest BCUT2D eigenvalue weighted by Gasteiger charge is 2.32. The third-order valence-corrected chi connectivity index (χ3v) is 3.04. The van der Waals surface area contributed by atoms with E-state index < -0.39 is 11.7 Å². The molecule has 0 spiro atoms. The lowest BCUT2D eigenvalue weighted by molar-refractivity contribution is -0.137. The summed E-state index contributed by atoms with van der Waals surface area (Å²) < 4.78 is 37.9. The number of nitrogens with one attached hydrogen (secondary N) is 2. The molecule has 1 aliphatic rings. The molecule has 0 saturated carbocycles. The highest BCUT2D eigenvalue weighted by molar-refractivity contribution is 5.57. The molecule has 1 heterocycles. The summed E-state index contributed by atoms with van der Waals surface area (Å²) in [6.45, 7) is 4.76. The Hall–Kier alpha value is -1.23. The quantitative estimate of drug-likeness (QED) is 0.847. The predicted octanol–water partition coefficient (Wildman–Crippen LogP) is 3.56. The van der Waals surface area contributed by atoms with Crippen LogP contribution in [-0.4, -0.2) is 12.6 Å². The van der Waals surface area contributed by atoms with E-state index in [0.29, 0.717) is 18.3 Å². The van der Waals surface area contributed by atoms with Gasteiger partial charge in [0.15, 0.2) is 0 Å². The van der Waals surface area contributed by atoms with Crippen molar-refractivity contribution in [3.8, 4) is 0 Å². The van der Waals surface area contributed by atoms with Crippen molar-refractivity contribution in [3.05, 3.63) is 29.3 Å². The molecule has 2 nitrogen and oxygen atoms in total. The Morgan fingerprint density at radius 3 is 2.67 bits per heavy atom.